The molecule has 3 heteroatoms. The number of halogens is 1. The van der Waals surface area contributed by atoms with Crippen molar-refractivity contribution in [2.24, 2.45) is 11.8 Å². The largest absolute Gasteiger partial charge is 0.392 e. The van der Waals surface area contributed by atoms with Gasteiger partial charge in [-0.2, -0.15) is 0 Å². The van der Waals surface area contributed by atoms with Crippen LogP contribution in [0.5, 0.6) is 0 Å². The molecule has 1 saturated carbocycles. The first-order valence-corrected chi connectivity index (χ1v) is 6.29. The van der Waals surface area contributed by atoms with E-state index in [0.29, 0.717) is 5.56 Å². The summed E-state index contributed by atoms with van der Waals surface area (Å²) in [5.74, 6) is -0.0669. The van der Waals surface area contributed by atoms with Gasteiger partial charge in [-0.05, 0) is 43.0 Å². The highest BCUT2D eigenvalue weighted by Gasteiger charge is 2.31. The second kappa shape index (κ2) is 5.91. The van der Waals surface area contributed by atoms with Crippen molar-refractivity contribution in [1.29, 1.82) is 0 Å². The van der Waals surface area contributed by atoms with Gasteiger partial charge >= 0.3 is 0 Å². The molecule has 1 N–H and O–H groups in total. The molecule has 1 aliphatic carbocycles. The maximum atomic E-state index is 12.8. The third-order valence-corrected chi connectivity index (χ3v) is 3.52. The minimum atomic E-state index is -0.324. The van der Waals surface area contributed by atoms with Gasteiger partial charge in [0.05, 0.1) is 6.61 Å². The quantitative estimate of drug-likeness (QED) is 0.657. The highest BCUT2D eigenvalue weighted by atomic mass is 19.1. The molecule has 2 nitrogen and oxygen atoms in total. The highest BCUT2D eigenvalue weighted by Crippen LogP contribution is 2.35. The molecular formula is C15H17FO2. The number of aliphatic hydroxyl groups excluding tert-OH is 1. The molecule has 1 aromatic rings. The minimum Gasteiger partial charge on any atom is -0.392 e. The van der Waals surface area contributed by atoms with Crippen LogP contribution in [0.1, 0.15) is 29.6 Å². The summed E-state index contributed by atoms with van der Waals surface area (Å²) < 4.78 is 12.8. The summed E-state index contributed by atoms with van der Waals surface area (Å²) in [4.78, 5) is 12.3. The maximum absolute atomic E-state index is 12.8. The van der Waals surface area contributed by atoms with Crippen molar-refractivity contribution in [3.05, 3.63) is 47.8 Å². The summed E-state index contributed by atoms with van der Waals surface area (Å²) >= 11 is 0. The molecule has 0 amide bonds. The second-order valence-electron chi connectivity index (χ2n) is 4.68. The molecule has 2 rings (SSSR count). The Kier molecular flexibility index (Phi) is 4.26. The Hall–Kier alpha value is -1.48. The zero-order valence-electron chi connectivity index (χ0n) is 10.2. The van der Waals surface area contributed by atoms with Gasteiger partial charge in [0.15, 0.2) is 5.78 Å². The van der Waals surface area contributed by atoms with Crippen LogP contribution in [0.2, 0.25) is 0 Å². The van der Waals surface area contributed by atoms with Crippen LogP contribution in [-0.4, -0.2) is 17.5 Å². The number of hydrogen-bond donors (Lipinski definition) is 1. The Balaban J connectivity index is 2.12. The van der Waals surface area contributed by atoms with E-state index in [0.717, 1.165) is 19.3 Å². The van der Waals surface area contributed by atoms with E-state index >= 15 is 0 Å². The fourth-order valence-corrected chi connectivity index (χ4v) is 2.61. The lowest BCUT2D eigenvalue weighted by atomic mass is 9.88. The van der Waals surface area contributed by atoms with Crippen molar-refractivity contribution in [2.75, 3.05) is 6.61 Å². The van der Waals surface area contributed by atoms with Gasteiger partial charge in [0.1, 0.15) is 5.82 Å². The first kappa shape index (κ1) is 13.0. The highest BCUT2D eigenvalue weighted by molar-refractivity contribution is 5.98. The molecule has 0 bridgehead atoms. The number of carbonyl (C=O) groups excluding carboxylic acids is 1. The van der Waals surface area contributed by atoms with Crippen molar-refractivity contribution < 1.29 is 14.3 Å². The first-order valence-electron chi connectivity index (χ1n) is 6.29. The van der Waals surface area contributed by atoms with Crippen LogP contribution in [0.25, 0.3) is 0 Å². The van der Waals surface area contributed by atoms with Gasteiger partial charge in [0.2, 0.25) is 0 Å². The van der Waals surface area contributed by atoms with Crippen LogP contribution in [0.4, 0.5) is 4.39 Å². The fourth-order valence-electron chi connectivity index (χ4n) is 2.61. The van der Waals surface area contributed by atoms with Crippen molar-refractivity contribution in [1.82, 2.24) is 0 Å². The van der Waals surface area contributed by atoms with Crippen LogP contribution in [0, 0.1) is 17.7 Å². The van der Waals surface area contributed by atoms with Gasteiger partial charge < -0.3 is 5.11 Å². The van der Waals surface area contributed by atoms with Gasteiger partial charge in [-0.15, -0.1) is 0 Å². The smallest absolute Gasteiger partial charge is 0.166 e. The van der Waals surface area contributed by atoms with E-state index in [1.165, 1.54) is 12.1 Å². The summed E-state index contributed by atoms with van der Waals surface area (Å²) in [5.41, 5.74) is 0.575. The van der Waals surface area contributed by atoms with Crippen LogP contribution in [0.15, 0.2) is 36.4 Å². The van der Waals surface area contributed by atoms with Crippen molar-refractivity contribution in [3.63, 3.8) is 0 Å². The summed E-state index contributed by atoms with van der Waals surface area (Å²) in [6, 6.07) is 5.73. The Morgan fingerprint density at radius 1 is 1.33 bits per heavy atom. The van der Waals surface area contributed by atoms with Crippen LogP contribution < -0.4 is 0 Å². The van der Waals surface area contributed by atoms with Crippen molar-refractivity contribution >= 4 is 5.78 Å². The Morgan fingerprint density at radius 2 is 2.06 bits per heavy atom. The summed E-state index contributed by atoms with van der Waals surface area (Å²) in [5, 5.41) is 8.79. The zero-order valence-corrected chi connectivity index (χ0v) is 10.2. The van der Waals surface area contributed by atoms with Crippen LogP contribution in [-0.2, 0) is 0 Å². The molecule has 0 aromatic heterocycles. The van der Waals surface area contributed by atoms with E-state index < -0.39 is 0 Å². The molecule has 0 heterocycles. The van der Waals surface area contributed by atoms with Gasteiger partial charge in [-0.3, -0.25) is 4.79 Å². The van der Waals surface area contributed by atoms with E-state index in [1.807, 2.05) is 6.08 Å². The number of benzene rings is 1. The molecule has 0 spiro atoms. The second-order valence-corrected chi connectivity index (χ2v) is 4.68. The Bertz CT molecular complexity index is 436. The number of rotatable bonds is 4. The Morgan fingerprint density at radius 3 is 2.72 bits per heavy atom. The average molecular weight is 248 g/mol. The molecule has 0 radical (unpaired) electrons. The lowest BCUT2D eigenvalue weighted by Gasteiger charge is -2.15. The molecule has 1 fully saturated rings. The minimum absolute atomic E-state index is 0.00790. The number of hydrogen-bond acceptors (Lipinski definition) is 2. The normalized spacial score (nSPS) is 23.7. The predicted molar refractivity (Wildman–Crippen MR) is 67.8 cm³/mol. The summed E-state index contributed by atoms with van der Waals surface area (Å²) in [6.07, 6.45) is 6.50. The predicted octanol–water partition coefficient (Wildman–Crippen LogP) is 2.97. The van der Waals surface area contributed by atoms with Gasteiger partial charge in [0, 0.05) is 11.5 Å². The van der Waals surface area contributed by atoms with E-state index in [1.54, 1.807) is 18.2 Å². The standard InChI is InChI=1S/C15H17FO2/c16-13-8-6-12(7-9-13)15(18)14-5-1-3-11(14)4-2-10-17/h2,4,6-9,11,14,17H,1,3,5,10H2/b4-2+/t11-,14+/m1/s1. The molecule has 96 valence electrons. The topological polar surface area (TPSA) is 37.3 Å². The number of allylic oxidation sites excluding steroid dienone is 1. The number of ketones is 1. The first-order chi connectivity index (χ1) is 8.72. The van der Waals surface area contributed by atoms with E-state index in [4.69, 9.17) is 5.11 Å². The monoisotopic (exact) mass is 248 g/mol. The molecular weight excluding hydrogens is 231 g/mol. The van der Waals surface area contributed by atoms with E-state index in [2.05, 4.69) is 0 Å². The summed E-state index contributed by atoms with van der Waals surface area (Å²) in [6.45, 7) is 0.00790. The zero-order chi connectivity index (χ0) is 13.0. The molecule has 2 atom stereocenters. The van der Waals surface area contributed by atoms with Gasteiger partial charge in [0.25, 0.3) is 0 Å². The maximum Gasteiger partial charge on any atom is 0.166 e. The SMILES string of the molecule is O=C(c1ccc(F)cc1)[C@H]1CCC[C@@H]1/C=C/CO. The van der Waals surface area contributed by atoms with Crippen LogP contribution in [0.3, 0.4) is 0 Å². The number of Topliss-reactive ketones (excluding diaryl/α,β-unsaturated/α-hetero) is 1. The third kappa shape index (κ3) is 2.85. The van der Waals surface area contributed by atoms with Crippen molar-refractivity contribution in [3.8, 4) is 0 Å². The van der Waals surface area contributed by atoms with Gasteiger partial charge in [-0.1, -0.05) is 18.6 Å². The molecule has 0 aliphatic heterocycles. The molecule has 1 aromatic carbocycles. The van der Waals surface area contributed by atoms with E-state index in [9.17, 15) is 9.18 Å². The molecule has 0 unspecified atom stereocenters. The molecule has 18 heavy (non-hydrogen) atoms. The van der Waals surface area contributed by atoms with Crippen LogP contribution >= 0.6 is 0 Å². The van der Waals surface area contributed by atoms with E-state index in [-0.39, 0.29) is 30.0 Å². The molecule has 0 saturated heterocycles. The number of carbonyl (C=O) groups is 1. The van der Waals surface area contributed by atoms with Crippen molar-refractivity contribution in [2.45, 2.75) is 19.3 Å². The molecule has 1 aliphatic rings. The lowest BCUT2D eigenvalue weighted by Crippen LogP contribution is -2.18. The fraction of sp³-hybridized carbons (Fsp3) is 0.400. The third-order valence-electron chi connectivity index (χ3n) is 3.52. The Labute approximate surface area is 106 Å². The number of aliphatic hydroxyl groups is 1. The average Bonchev–Trinajstić information content (AvgIpc) is 2.84. The van der Waals surface area contributed by atoms with Gasteiger partial charge in [-0.25, -0.2) is 4.39 Å². The summed E-state index contributed by atoms with van der Waals surface area (Å²) in [7, 11) is 0. The lowest BCUT2D eigenvalue weighted by molar-refractivity contribution is 0.0904.